The van der Waals surface area contributed by atoms with Gasteiger partial charge in [-0.2, -0.15) is 0 Å². The van der Waals surface area contributed by atoms with Crippen LogP contribution < -0.4 is 5.73 Å². The van der Waals surface area contributed by atoms with E-state index in [0.717, 1.165) is 19.5 Å². The predicted octanol–water partition coefficient (Wildman–Crippen LogP) is 1.95. The van der Waals surface area contributed by atoms with Crippen molar-refractivity contribution in [2.75, 3.05) is 6.54 Å². The van der Waals surface area contributed by atoms with Gasteiger partial charge in [0.2, 0.25) is 0 Å². The molecule has 0 amide bonds. The fourth-order valence-corrected chi connectivity index (χ4v) is 2.59. The van der Waals surface area contributed by atoms with Gasteiger partial charge < -0.3 is 5.73 Å². The van der Waals surface area contributed by atoms with E-state index in [9.17, 15) is 0 Å². The Morgan fingerprint density at radius 1 is 1.47 bits per heavy atom. The number of piperidine rings is 1. The molecule has 2 rings (SSSR count). The molecular weight excluding hydrogens is 210 g/mol. The summed E-state index contributed by atoms with van der Waals surface area (Å²) in [7, 11) is 0. The molecule has 3 unspecified atom stereocenters. The van der Waals surface area contributed by atoms with Crippen molar-refractivity contribution in [1.29, 1.82) is 0 Å². The Balaban J connectivity index is 2.07. The maximum atomic E-state index is 6.12. The Kier molecular flexibility index (Phi) is 3.79. The quantitative estimate of drug-likeness (QED) is 0.849. The molecular formula is C14H23N3. The van der Waals surface area contributed by atoms with Crippen molar-refractivity contribution in [2.24, 2.45) is 11.7 Å². The third kappa shape index (κ3) is 2.67. The summed E-state index contributed by atoms with van der Waals surface area (Å²) in [5.74, 6) is 0.575. The molecule has 0 aromatic carbocycles. The van der Waals surface area contributed by atoms with Crippen LogP contribution in [0.1, 0.15) is 31.4 Å². The van der Waals surface area contributed by atoms with Crippen molar-refractivity contribution < 1.29 is 0 Å². The van der Waals surface area contributed by atoms with Gasteiger partial charge in [-0.1, -0.05) is 6.92 Å². The van der Waals surface area contributed by atoms with Crippen molar-refractivity contribution in [3.05, 3.63) is 29.6 Å². The van der Waals surface area contributed by atoms with E-state index in [1.165, 1.54) is 11.1 Å². The second-order valence-electron chi connectivity index (χ2n) is 5.32. The maximum absolute atomic E-state index is 6.12. The lowest BCUT2D eigenvalue weighted by atomic mass is 9.87. The largest absolute Gasteiger partial charge is 0.327 e. The standard InChI is InChI=1S/C14H23N3/c1-10-8-16-6-4-13(10)9-17-7-5-14(15)11(2)12(17)3/h4,6,8,11-12,14H,5,7,9,15H2,1-3H3. The number of pyridine rings is 1. The van der Waals surface area contributed by atoms with E-state index in [4.69, 9.17) is 5.73 Å². The van der Waals surface area contributed by atoms with Gasteiger partial charge in [0.15, 0.2) is 0 Å². The molecule has 1 aromatic heterocycles. The number of nitrogens with two attached hydrogens (primary N) is 1. The highest BCUT2D eigenvalue weighted by Gasteiger charge is 2.30. The van der Waals surface area contributed by atoms with Crippen LogP contribution in [0.5, 0.6) is 0 Å². The van der Waals surface area contributed by atoms with E-state index in [1.807, 2.05) is 12.4 Å². The normalized spacial score (nSPS) is 30.5. The second-order valence-corrected chi connectivity index (χ2v) is 5.32. The van der Waals surface area contributed by atoms with Crippen LogP contribution in [0.15, 0.2) is 18.5 Å². The average Bonchev–Trinajstić information content (AvgIpc) is 2.32. The van der Waals surface area contributed by atoms with E-state index in [1.54, 1.807) is 0 Å². The number of nitrogens with zero attached hydrogens (tertiary/aromatic N) is 2. The predicted molar refractivity (Wildman–Crippen MR) is 70.6 cm³/mol. The zero-order valence-corrected chi connectivity index (χ0v) is 11.1. The highest BCUT2D eigenvalue weighted by Crippen LogP contribution is 2.24. The summed E-state index contributed by atoms with van der Waals surface area (Å²) in [6.45, 7) is 8.81. The lowest BCUT2D eigenvalue weighted by Crippen LogP contribution is -2.51. The van der Waals surface area contributed by atoms with Gasteiger partial charge in [0.05, 0.1) is 0 Å². The van der Waals surface area contributed by atoms with Gasteiger partial charge >= 0.3 is 0 Å². The summed E-state index contributed by atoms with van der Waals surface area (Å²) in [6, 6.07) is 3.05. The Bertz CT molecular complexity index is 377. The number of rotatable bonds is 2. The van der Waals surface area contributed by atoms with Gasteiger partial charge in [0.1, 0.15) is 0 Å². The molecule has 0 bridgehead atoms. The van der Waals surface area contributed by atoms with Crippen LogP contribution in [0.3, 0.4) is 0 Å². The zero-order chi connectivity index (χ0) is 12.4. The van der Waals surface area contributed by atoms with Crippen molar-refractivity contribution in [1.82, 2.24) is 9.88 Å². The highest BCUT2D eigenvalue weighted by atomic mass is 15.2. The molecule has 1 saturated heterocycles. The Labute approximate surface area is 104 Å². The minimum atomic E-state index is 0.361. The first-order valence-electron chi connectivity index (χ1n) is 6.48. The number of likely N-dealkylation sites (tertiary alicyclic amines) is 1. The molecule has 0 aliphatic carbocycles. The van der Waals surface area contributed by atoms with Gasteiger partial charge in [-0.15, -0.1) is 0 Å². The highest BCUT2D eigenvalue weighted by molar-refractivity contribution is 5.21. The minimum Gasteiger partial charge on any atom is -0.327 e. The van der Waals surface area contributed by atoms with E-state index in [-0.39, 0.29) is 0 Å². The van der Waals surface area contributed by atoms with Crippen LogP contribution in [-0.4, -0.2) is 28.5 Å². The number of hydrogen-bond donors (Lipinski definition) is 1. The molecule has 2 N–H and O–H groups in total. The molecule has 1 aliphatic heterocycles. The molecule has 3 heteroatoms. The zero-order valence-electron chi connectivity index (χ0n) is 11.1. The van der Waals surface area contributed by atoms with E-state index >= 15 is 0 Å². The van der Waals surface area contributed by atoms with Crippen molar-refractivity contribution in [3.8, 4) is 0 Å². The smallest absolute Gasteiger partial charge is 0.0300 e. The van der Waals surface area contributed by atoms with Crippen molar-refractivity contribution in [2.45, 2.75) is 45.8 Å². The molecule has 17 heavy (non-hydrogen) atoms. The molecule has 1 fully saturated rings. The van der Waals surface area contributed by atoms with Crippen LogP contribution >= 0.6 is 0 Å². The van der Waals surface area contributed by atoms with E-state index in [2.05, 4.69) is 36.7 Å². The molecule has 1 aliphatic rings. The first kappa shape index (κ1) is 12.5. The summed E-state index contributed by atoms with van der Waals surface area (Å²) >= 11 is 0. The summed E-state index contributed by atoms with van der Waals surface area (Å²) in [6.07, 6.45) is 4.93. The molecule has 3 atom stereocenters. The van der Waals surface area contributed by atoms with Gasteiger partial charge in [0.25, 0.3) is 0 Å². The summed E-state index contributed by atoms with van der Waals surface area (Å²) in [5.41, 5.74) is 8.78. The Hall–Kier alpha value is -0.930. The first-order chi connectivity index (χ1) is 8.09. The first-order valence-corrected chi connectivity index (χ1v) is 6.48. The van der Waals surface area contributed by atoms with Crippen LogP contribution in [-0.2, 0) is 6.54 Å². The average molecular weight is 233 g/mol. The van der Waals surface area contributed by atoms with Gasteiger partial charge in [-0.25, -0.2) is 0 Å². The fraction of sp³-hybridized carbons (Fsp3) is 0.643. The molecule has 0 radical (unpaired) electrons. The van der Waals surface area contributed by atoms with E-state index < -0.39 is 0 Å². The maximum Gasteiger partial charge on any atom is 0.0300 e. The van der Waals surface area contributed by atoms with Crippen LogP contribution in [0.25, 0.3) is 0 Å². The van der Waals surface area contributed by atoms with Gasteiger partial charge in [-0.3, -0.25) is 9.88 Å². The molecule has 2 heterocycles. The topological polar surface area (TPSA) is 42.2 Å². The number of aryl methyl sites for hydroxylation is 1. The second kappa shape index (κ2) is 5.15. The molecule has 0 spiro atoms. The van der Waals surface area contributed by atoms with Crippen LogP contribution in [0.4, 0.5) is 0 Å². The van der Waals surface area contributed by atoms with Crippen molar-refractivity contribution >= 4 is 0 Å². The van der Waals surface area contributed by atoms with Gasteiger partial charge in [-0.05, 0) is 43.4 Å². The van der Waals surface area contributed by atoms with Crippen LogP contribution in [0.2, 0.25) is 0 Å². The third-order valence-electron chi connectivity index (χ3n) is 4.27. The lowest BCUT2D eigenvalue weighted by molar-refractivity contribution is 0.0908. The summed E-state index contributed by atoms with van der Waals surface area (Å²) in [4.78, 5) is 6.68. The van der Waals surface area contributed by atoms with Gasteiger partial charge in [0, 0.05) is 37.6 Å². The summed E-state index contributed by atoms with van der Waals surface area (Å²) < 4.78 is 0. The Morgan fingerprint density at radius 2 is 2.24 bits per heavy atom. The monoisotopic (exact) mass is 233 g/mol. The van der Waals surface area contributed by atoms with Crippen molar-refractivity contribution in [3.63, 3.8) is 0 Å². The summed E-state index contributed by atoms with van der Waals surface area (Å²) in [5, 5.41) is 0. The molecule has 1 aromatic rings. The SMILES string of the molecule is Cc1cnccc1CN1CCC(N)C(C)C1C. The lowest BCUT2D eigenvalue weighted by Gasteiger charge is -2.41. The fourth-order valence-electron chi connectivity index (χ4n) is 2.59. The molecule has 0 saturated carbocycles. The molecule has 94 valence electrons. The van der Waals surface area contributed by atoms with E-state index in [0.29, 0.717) is 18.0 Å². The Morgan fingerprint density at radius 3 is 2.94 bits per heavy atom. The number of hydrogen-bond acceptors (Lipinski definition) is 3. The number of aromatic nitrogens is 1. The third-order valence-corrected chi connectivity index (χ3v) is 4.27. The van der Waals surface area contributed by atoms with Crippen LogP contribution in [0, 0.1) is 12.8 Å². The molecule has 3 nitrogen and oxygen atoms in total. The minimum absolute atomic E-state index is 0.361.